The van der Waals surface area contributed by atoms with Gasteiger partial charge in [0.05, 0.1) is 23.4 Å². The molecule has 1 aliphatic carbocycles. The van der Waals surface area contributed by atoms with Crippen molar-refractivity contribution < 1.29 is 13.9 Å². The van der Waals surface area contributed by atoms with Crippen LogP contribution in [-0.2, 0) is 11.2 Å². The van der Waals surface area contributed by atoms with Gasteiger partial charge in [-0.3, -0.25) is 9.69 Å². The van der Waals surface area contributed by atoms with Crippen molar-refractivity contribution in [2.24, 2.45) is 11.8 Å². The largest absolute Gasteiger partial charge is 0.488 e. The van der Waals surface area contributed by atoms with Crippen molar-refractivity contribution in [2.45, 2.75) is 77.8 Å². The van der Waals surface area contributed by atoms with Crippen LogP contribution in [0, 0.1) is 25.7 Å². The Morgan fingerprint density at radius 2 is 2.03 bits per heavy atom. The van der Waals surface area contributed by atoms with Gasteiger partial charge in [0.1, 0.15) is 17.9 Å². The highest BCUT2D eigenvalue weighted by Gasteiger charge is 2.46. The van der Waals surface area contributed by atoms with Crippen molar-refractivity contribution in [1.29, 1.82) is 0 Å². The maximum atomic E-state index is 13.9. The van der Waals surface area contributed by atoms with Gasteiger partial charge in [0.25, 0.3) is 0 Å². The van der Waals surface area contributed by atoms with Crippen LogP contribution in [0.3, 0.4) is 0 Å². The van der Waals surface area contributed by atoms with E-state index in [2.05, 4.69) is 22.5 Å². The third-order valence-corrected chi connectivity index (χ3v) is 9.27. The van der Waals surface area contributed by atoms with Crippen LogP contribution in [0.2, 0.25) is 0 Å². The van der Waals surface area contributed by atoms with E-state index >= 15 is 0 Å². The van der Waals surface area contributed by atoms with Crippen LogP contribution in [0.1, 0.15) is 62.1 Å². The van der Waals surface area contributed by atoms with Crippen LogP contribution in [0.25, 0.3) is 11.0 Å². The molecule has 2 bridgehead atoms. The third-order valence-electron chi connectivity index (χ3n) is 9.27. The highest BCUT2D eigenvalue weighted by Crippen LogP contribution is 2.45. The summed E-state index contributed by atoms with van der Waals surface area (Å²) < 4.78 is 11.8. The molecule has 0 spiro atoms. The molecule has 4 heterocycles. The summed E-state index contributed by atoms with van der Waals surface area (Å²) in [5.74, 6) is 1.81. The molecule has 2 unspecified atom stereocenters. The summed E-state index contributed by atoms with van der Waals surface area (Å²) in [6, 6.07) is 4.68. The average molecular weight is 517 g/mol. The molecule has 38 heavy (non-hydrogen) atoms. The molecule has 2 aromatic rings. The number of carbonyl (C=O) groups is 1. The number of benzene rings is 1. The number of ether oxygens (including phenoxy) is 1. The molecule has 0 radical (unpaired) electrons. The minimum absolute atomic E-state index is 0.0334. The van der Waals surface area contributed by atoms with Crippen LogP contribution in [0.4, 0.5) is 0 Å². The number of rotatable bonds is 5. The van der Waals surface area contributed by atoms with Crippen LogP contribution >= 0.6 is 0 Å². The van der Waals surface area contributed by atoms with Gasteiger partial charge in [-0.1, -0.05) is 24.6 Å². The molecule has 1 aromatic heterocycles. The van der Waals surface area contributed by atoms with E-state index in [9.17, 15) is 9.59 Å². The quantitative estimate of drug-likeness (QED) is 0.397. The molecule has 1 aromatic carbocycles. The van der Waals surface area contributed by atoms with Crippen molar-refractivity contribution in [3.63, 3.8) is 0 Å². The van der Waals surface area contributed by atoms with E-state index in [1.54, 1.807) is 0 Å². The van der Waals surface area contributed by atoms with Gasteiger partial charge >= 0.3 is 5.63 Å². The molecule has 0 saturated carbocycles. The fourth-order valence-corrected chi connectivity index (χ4v) is 7.66. The maximum Gasteiger partial charge on any atom is 0.340 e. The van der Waals surface area contributed by atoms with Crippen molar-refractivity contribution in [2.75, 3.05) is 26.2 Å². The minimum atomic E-state index is -0.426. The second-order valence-electron chi connectivity index (χ2n) is 12.1. The molecule has 3 saturated heterocycles. The first-order chi connectivity index (χ1) is 18.3. The van der Waals surface area contributed by atoms with E-state index in [1.165, 1.54) is 37.8 Å². The topological polar surface area (TPSA) is 63.0 Å². The predicted molar refractivity (Wildman–Crippen MR) is 150 cm³/mol. The van der Waals surface area contributed by atoms with Gasteiger partial charge in [-0.25, -0.2) is 4.79 Å². The predicted octanol–water partition coefficient (Wildman–Crippen LogP) is 5.33. The number of aryl methyl sites for hydroxylation is 2. The zero-order valence-electron chi connectivity index (χ0n) is 23.1. The number of amides is 1. The molecule has 0 N–H and O–H groups in total. The highest BCUT2D eigenvalue weighted by atomic mass is 16.5. The van der Waals surface area contributed by atoms with Crippen molar-refractivity contribution in [3.05, 3.63) is 63.0 Å². The van der Waals surface area contributed by atoms with E-state index < -0.39 is 5.63 Å². The van der Waals surface area contributed by atoms with Gasteiger partial charge < -0.3 is 14.1 Å². The summed E-state index contributed by atoms with van der Waals surface area (Å²) in [6.45, 7) is 13.1. The third kappa shape index (κ3) is 4.51. The average Bonchev–Trinajstić information content (AvgIpc) is 2.89. The Hall–Kier alpha value is -2.86. The van der Waals surface area contributed by atoms with E-state index in [-0.39, 0.29) is 18.4 Å². The molecule has 6 rings (SSSR count). The molecule has 4 atom stereocenters. The Labute approximate surface area is 225 Å². The van der Waals surface area contributed by atoms with E-state index in [0.717, 1.165) is 48.0 Å². The summed E-state index contributed by atoms with van der Waals surface area (Å²) >= 11 is 0. The molecule has 1 amide bonds. The Bertz CT molecular complexity index is 1370. The standard InChI is InChI=1S/C32H40N2O4/c1-19(2)18-37-27-12-20(3)13-28-30(27)21(4)25(32(36)38-28)16-29(35)34-11-7-8-22-14-23-15-24(31(22)34)17-33-10-6-5-9-26(23)33/h12-14,23-24,26,31H,1,5-11,15-18H2,2-4H3/t23?,24?,26-,31-/m1/s1. The summed E-state index contributed by atoms with van der Waals surface area (Å²) in [5.41, 5.74) is 4.61. The molecule has 3 fully saturated rings. The number of nitrogens with zero attached hydrogens (tertiary/aromatic N) is 2. The molecule has 4 aliphatic rings. The second-order valence-corrected chi connectivity index (χ2v) is 12.1. The first-order valence-electron chi connectivity index (χ1n) is 14.4. The second kappa shape index (κ2) is 10.0. The normalized spacial score (nSPS) is 26.9. The van der Waals surface area contributed by atoms with E-state index in [0.29, 0.717) is 41.4 Å². The number of piperidine rings is 3. The molecular formula is C32H40N2O4. The lowest BCUT2D eigenvalue weighted by atomic mass is 9.68. The number of carbonyl (C=O) groups excluding carboxylic acids is 1. The summed E-state index contributed by atoms with van der Waals surface area (Å²) in [7, 11) is 0. The zero-order valence-corrected chi connectivity index (χ0v) is 23.1. The molecule has 6 nitrogen and oxygen atoms in total. The zero-order chi connectivity index (χ0) is 26.6. The van der Waals surface area contributed by atoms with Crippen LogP contribution < -0.4 is 10.4 Å². The number of likely N-dealkylation sites (tertiary alicyclic amines) is 1. The lowest BCUT2D eigenvalue weighted by Crippen LogP contribution is -2.60. The molecule has 6 heteroatoms. The van der Waals surface area contributed by atoms with Crippen LogP contribution in [0.5, 0.6) is 5.75 Å². The number of hydrogen-bond donors (Lipinski definition) is 0. The van der Waals surface area contributed by atoms with Crippen LogP contribution in [-0.4, -0.2) is 54.0 Å². The summed E-state index contributed by atoms with van der Waals surface area (Å²) in [6.07, 6.45) is 9.79. The SMILES string of the molecule is C=C(C)COc1cc(C)cc2oc(=O)c(CC(=O)N3CCCC4=CC5CC(CN6CCCC[C@H]56)[C@@H]43)c(C)c12. The smallest absolute Gasteiger partial charge is 0.340 e. The Balaban J connectivity index is 1.31. The minimum Gasteiger partial charge on any atom is -0.488 e. The lowest BCUT2D eigenvalue weighted by Gasteiger charge is -2.54. The summed E-state index contributed by atoms with van der Waals surface area (Å²) in [5, 5.41) is 0.766. The van der Waals surface area contributed by atoms with Gasteiger partial charge in [0.15, 0.2) is 0 Å². The Kier molecular flexibility index (Phi) is 6.71. The van der Waals surface area contributed by atoms with Crippen LogP contribution in [0.15, 0.2) is 45.1 Å². The first-order valence-corrected chi connectivity index (χ1v) is 14.4. The fourth-order valence-electron chi connectivity index (χ4n) is 7.66. The van der Waals surface area contributed by atoms with E-state index in [4.69, 9.17) is 9.15 Å². The van der Waals surface area contributed by atoms with Gasteiger partial charge in [0.2, 0.25) is 5.91 Å². The number of fused-ring (bicyclic) bond motifs is 7. The van der Waals surface area contributed by atoms with Gasteiger partial charge in [-0.2, -0.15) is 0 Å². The van der Waals surface area contributed by atoms with Crippen molar-refractivity contribution in [1.82, 2.24) is 9.80 Å². The van der Waals surface area contributed by atoms with Gasteiger partial charge in [-0.15, -0.1) is 0 Å². The summed E-state index contributed by atoms with van der Waals surface area (Å²) in [4.78, 5) is 31.9. The molecule has 202 valence electrons. The first kappa shape index (κ1) is 25.4. The van der Waals surface area contributed by atoms with Crippen molar-refractivity contribution >= 4 is 16.9 Å². The van der Waals surface area contributed by atoms with E-state index in [1.807, 2.05) is 32.9 Å². The maximum absolute atomic E-state index is 13.9. The lowest BCUT2D eigenvalue weighted by molar-refractivity contribution is -0.135. The molecule has 3 aliphatic heterocycles. The highest BCUT2D eigenvalue weighted by molar-refractivity contribution is 5.90. The Morgan fingerprint density at radius 1 is 1.18 bits per heavy atom. The fraction of sp³-hybridized carbons (Fsp3) is 0.562. The van der Waals surface area contributed by atoms with Crippen molar-refractivity contribution in [3.8, 4) is 5.75 Å². The molecular weight excluding hydrogens is 476 g/mol. The van der Waals surface area contributed by atoms with Gasteiger partial charge in [-0.05, 0) is 100 Å². The Morgan fingerprint density at radius 3 is 2.84 bits per heavy atom. The van der Waals surface area contributed by atoms with Gasteiger partial charge in [0, 0.05) is 19.1 Å². The monoisotopic (exact) mass is 516 g/mol. The number of hydrogen-bond acceptors (Lipinski definition) is 5.